The molecule has 1 saturated heterocycles. The fourth-order valence-electron chi connectivity index (χ4n) is 5.97. The lowest BCUT2D eigenvalue weighted by molar-refractivity contribution is -0.384. The molecule has 3 aromatic carbocycles. The molecule has 2 amide bonds. The van der Waals surface area contributed by atoms with E-state index in [0.29, 0.717) is 22.6 Å². The molecule has 10 heteroatoms. The maximum Gasteiger partial charge on any atom is 0.338 e. The molecule has 3 aromatic rings. The number of carbonyl (C=O) groups is 3. The number of halogens is 1. The summed E-state index contributed by atoms with van der Waals surface area (Å²) in [4.78, 5) is 50.4. The van der Waals surface area contributed by atoms with Crippen LogP contribution in [0.2, 0.25) is 5.02 Å². The first-order chi connectivity index (χ1) is 19.2. The summed E-state index contributed by atoms with van der Waals surface area (Å²) in [5.41, 5.74) is 2.53. The second-order valence-electron chi connectivity index (χ2n) is 10.2. The number of rotatable bonds is 7. The molecule has 1 aliphatic heterocycles. The lowest BCUT2D eigenvalue weighted by Crippen LogP contribution is -2.32. The third-order valence-electron chi connectivity index (χ3n) is 7.89. The Bertz CT molecular complexity index is 1580. The van der Waals surface area contributed by atoms with E-state index in [-0.39, 0.29) is 58.6 Å². The highest BCUT2D eigenvalue weighted by atomic mass is 35.5. The molecule has 2 bridgehead atoms. The predicted molar refractivity (Wildman–Crippen MR) is 145 cm³/mol. The van der Waals surface area contributed by atoms with Crippen molar-refractivity contribution in [1.82, 2.24) is 0 Å². The number of nitrogens with zero attached hydrogens (tertiary/aromatic N) is 2. The van der Waals surface area contributed by atoms with E-state index in [1.54, 1.807) is 48.5 Å². The van der Waals surface area contributed by atoms with Crippen molar-refractivity contribution in [3.8, 4) is 11.5 Å². The van der Waals surface area contributed by atoms with Crippen LogP contribution in [0.25, 0.3) is 0 Å². The number of anilines is 1. The summed E-state index contributed by atoms with van der Waals surface area (Å²) < 4.78 is 11.1. The Balaban J connectivity index is 1.05. The van der Waals surface area contributed by atoms with Gasteiger partial charge in [0, 0.05) is 12.1 Å². The van der Waals surface area contributed by atoms with E-state index in [1.807, 2.05) is 6.92 Å². The van der Waals surface area contributed by atoms with Gasteiger partial charge < -0.3 is 9.47 Å². The van der Waals surface area contributed by atoms with Crippen LogP contribution in [0.15, 0.2) is 78.4 Å². The Morgan fingerprint density at radius 1 is 1.02 bits per heavy atom. The molecule has 0 spiro atoms. The number of ether oxygens (including phenoxy) is 2. The van der Waals surface area contributed by atoms with Gasteiger partial charge in [0.1, 0.15) is 18.1 Å². The molecule has 202 valence electrons. The van der Waals surface area contributed by atoms with Crippen molar-refractivity contribution < 1.29 is 28.8 Å². The normalized spacial score (nSPS) is 22.8. The van der Waals surface area contributed by atoms with Crippen molar-refractivity contribution in [2.24, 2.45) is 23.7 Å². The van der Waals surface area contributed by atoms with Crippen LogP contribution in [0.3, 0.4) is 0 Å². The van der Waals surface area contributed by atoms with Gasteiger partial charge in [-0.2, -0.15) is 0 Å². The van der Waals surface area contributed by atoms with Crippen molar-refractivity contribution in [2.75, 3.05) is 4.90 Å². The molecule has 40 heavy (non-hydrogen) atoms. The van der Waals surface area contributed by atoms with Gasteiger partial charge >= 0.3 is 5.97 Å². The lowest BCUT2D eigenvalue weighted by atomic mass is 9.82. The molecule has 2 fully saturated rings. The number of carbonyl (C=O) groups excluding carboxylic acids is 3. The zero-order chi connectivity index (χ0) is 28.1. The van der Waals surface area contributed by atoms with Crippen LogP contribution >= 0.6 is 11.6 Å². The van der Waals surface area contributed by atoms with E-state index >= 15 is 0 Å². The van der Waals surface area contributed by atoms with Crippen molar-refractivity contribution in [3.63, 3.8) is 0 Å². The molecular formula is C30H23ClN2O7. The minimum absolute atomic E-state index is 0.0146. The number of imide groups is 1. The van der Waals surface area contributed by atoms with E-state index in [9.17, 15) is 24.5 Å². The summed E-state index contributed by atoms with van der Waals surface area (Å²) >= 11 is 6.07. The lowest BCUT2D eigenvalue weighted by Gasteiger charge is -2.19. The standard InChI is InChI=1S/C30H23ClN2O7/c1-16-12-19-13-23(16)27-26(19)28(34)32(29(27)35)20-6-4-18(5-7-20)30(36)39-15-17-2-9-22(10-3-17)40-25-11-8-21(33(37)38)14-24(25)31/h2-12,14,19,23,26-27H,13,15H2,1H3/t19-,23+,26-,27-/m1/s1. The number of allylic oxidation sites excluding steroid dienone is 2. The van der Waals surface area contributed by atoms with Crippen LogP contribution in [0.4, 0.5) is 11.4 Å². The van der Waals surface area contributed by atoms with Crippen LogP contribution in [0, 0.1) is 33.8 Å². The highest BCUT2D eigenvalue weighted by Gasteiger charge is 2.60. The predicted octanol–water partition coefficient (Wildman–Crippen LogP) is 6.10. The first-order valence-electron chi connectivity index (χ1n) is 12.8. The van der Waals surface area contributed by atoms with Gasteiger partial charge in [0.05, 0.1) is 33.0 Å². The summed E-state index contributed by atoms with van der Waals surface area (Å²) in [6.45, 7) is 2.04. The van der Waals surface area contributed by atoms with Gasteiger partial charge in [0.25, 0.3) is 5.69 Å². The maximum absolute atomic E-state index is 13.1. The second-order valence-corrected chi connectivity index (χ2v) is 10.6. The number of nitro benzene ring substituents is 1. The molecule has 0 radical (unpaired) electrons. The molecule has 9 nitrogen and oxygen atoms in total. The topological polar surface area (TPSA) is 116 Å². The first kappa shape index (κ1) is 25.8. The van der Waals surface area contributed by atoms with Crippen molar-refractivity contribution in [3.05, 3.63) is 105 Å². The van der Waals surface area contributed by atoms with Gasteiger partial charge in [-0.05, 0) is 73.2 Å². The molecule has 3 aliphatic rings. The average molecular weight is 559 g/mol. The number of fused-ring (bicyclic) bond motifs is 5. The zero-order valence-corrected chi connectivity index (χ0v) is 22.0. The van der Waals surface area contributed by atoms with Gasteiger partial charge in [0.15, 0.2) is 0 Å². The summed E-state index contributed by atoms with van der Waals surface area (Å²) in [5.74, 6) is -0.427. The molecule has 1 saturated carbocycles. The zero-order valence-electron chi connectivity index (χ0n) is 21.3. The second kappa shape index (κ2) is 9.91. The van der Waals surface area contributed by atoms with E-state index in [1.165, 1.54) is 28.7 Å². The largest absolute Gasteiger partial charge is 0.457 e. The van der Waals surface area contributed by atoms with E-state index in [4.69, 9.17) is 21.1 Å². The molecule has 4 atom stereocenters. The quantitative estimate of drug-likeness (QED) is 0.113. The van der Waals surface area contributed by atoms with Crippen LogP contribution < -0.4 is 9.64 Å². The van der Waals surface area contributed by atoms with Crippen LogP contribution in [0.5, 0.6) is 11.5 Å². The number of hydrogen-bond acceptors (Lipinski definition) is 7. The van der Waals surface area contributed by atoms with E-state index in [0.717, 1.165) is 6.42 Å². The molecule has 0 N–H and O–H groups in total. The van der Waals surface area contributed by atoms with Gasteiger partial charge in [0.2, 0.25) is 11.8 Å². The third kappa shape index (κ3) is 4.42. The fraction of sp³-hybridized carbons (Fsp3) is 0.233. The van der Waals surface area contributed by atoms with Gasteiger partial charge in [-0.1, -0.05) is 35.4 Å². The molecule has 6 rings (SSSR count). The monoisotopic (exact) mass is 558 g/mol. The smallest absolute Gasteiger partial charge is 0.338 e. The maximum atomic E-state index is 13.1. The summed E-state index contributed by atoms with van der Waals surface area (Å²) in [5, 5.41) is 11.0. The van der Waals surface area contributed by atoms with Crippen molar-refractivity contribution in [2.45, 2.75) is 20.0 Å². The van der Waals surface area contributed by atoms with Gasteiger partial charge in [-0.15, -0.1) is 0 Å². The third-order valence-corrected chi connectivity index (χ3v) is 8.18. The summed E-state index contributed by atoms with van der Waals surface area (Å²) in [6.07, 6.45) is 3.01. The Kier molecular flexibility index (Phi) is 6.38. The van der Waals surface area contributed by atoms with E-state index < -0.39 is 10.9 Å². The molecular weight excluding hydrogens is 536 g/mol. The number of benzene rings is 3. The van der Waals surface area contributed by atoms with Gasteiger partial charge in [-0.25, -0.2) is 4.79 Å². The number of nitro groups is 1. The highest BCUT2D eigenvalue weighted by Crippen LogP contribution is 2.55. The Hall–Kier alpha value is -4.50. The number of non-ortho nitro benzene ring substituents is 1. The minimum Gasteiger partial charge on any atom is -0.457 e. The van der Waals surface area contributed by atoms with Crippen molar-refractivity contribution in [1.29, 1.82) is 0 Å². The molecule has 0 aromatic heterocycles. The van der Waals surface area contributed by atoms with E-state index in [2.05, 4.69) is 6.08 Å². The van der Waals surface area contributed by atoms with Gasteiger partial charge in [-0.3, -0.25) is 24.6 Å². The Labute approximate surface area is 234 Å². The molecule has 2 aliphatic carbocycles. The number of esters is 1. The minimum atomic E-state index is -0.543. The Morgan fingerprint density at radius 3 is 2.40 bits per heavy atom. The number of hydrogen-bond donors (Lipinski definition) is 0. The van der Waals surface area contributed by atoms with Crippen LogP contribution in [0.1, 0.15) is 29.3 Å². The molecule has 0 unspecified atom stereocenters. The van der Waals surface area contributed by atoms with Crippen LogP contribution in [-0.2, 0) is 20.9 Å². The SMILES string of the molecule is CC1=C[C@@H]2C[C@@H]1[C@H]1C(=O)N(c3ccc(C(=O)OCc4ccc(Oc5ccc([N+](=O)[O-])cc5Cl)cc4)cc3)C(=O)[C@@H]12. The average Bonchev–Trinajstić information content (AvgIpc) is 3.59. The van der Waals surface area contributed by atoms with Crippen LogP contribution in [-0.4, -0.2) is 22.7 Å². The fourth-order valence-corrected chi connectivity index (χ4v) is 6.19. The van der Waals surface area contributed by atoms with Crippen molar-refractivity contribution >= 4 is 40.8 Å². The first-order valence-corrected chi connectivity index (χ1v) is 13.1. The highest BCUT2D eigenvalue weighted by molar-refractivity contribution is 6.32. The number of amides is 2. The summed E-state index contributed by atoms with van der Waals surface area (Å²) in [7, 11) is 0. The summed E-state index contributed by atoms with van der Waals surface area (Å²) in [6, 6.07) is 17.0. The molecule has 1 heterocycles. The Morgan fingerprint density at radius 2 is 1.73 bits per heavy atom.